The van der Waals surface area contributed by atoms with E-state index in [-0.39, 0.29) is 34.4 Å². The third-order valence-electron chi connectivity index (χ3n) is 5.81. The van der Waals surface area contributed by atoms with Crippen molar-refractivity contribution in [2.24, 2.45) is 17.4 Å². The molecule has 0 saturated carbocycles. The van der Waals surface area contributed by atoms with Crippen LogP contribution in [0.25, 0.3) is 0 Å². The number of pyridine rings is 1. The number of aromatic hydroxyl groups is 1. The summed E-state index contributed by atoms with van der Waals surface area (Å²) >= 11 is 0. The zero-order valence-corrected chi connectivity index (χ0v) is 22.7. The summed E-state index contributed by atoms with van der Waals surface area (Å²) in [6, 6.07) is 9.28. The second-order valence-corrected chi connectivity index (χ2v) is 9.48. The Morgan fingerprint density at radius 3 is 2.24 bits per heavy atom. The fourth-order valence-corrected chi connectivity index (χ4v) is 3.65. The number of carboxylic acids is 1. The van der Waals surface area contributed by atoms with Gasteiger partial charge in [-0.2, -0.15) is 13.8 Å². The van der Waals surface area contributed by atoms with E-state index in [1.165, 1.54) is 35.2 Å². The number of phenolic OH excluding ortho intramolecular Hbond substituents is 1. The molecule has 218 valence electrons. The van der Waals surface area contributed by atoms with E-state index in [0.717, 1.165) is 17.0 Å². The van der Waals surface area contributed by atoms with E-state index in [4.69, 9.17) is 26.4 Å². The van der Waals surface area contributed by atoms with Crippen LogP contribution in [0.15, 0.2) is 42.5 Å². The van der Waals surface area contributed by atoms with Crippen molar-refractivity contribution in [3.8, 4) is 29.0 Å². The number of nitrogens with one attached hydrogen (secondary N) is 1. The molecule has 41 heavy (non-hydrogen) atoms. The number of nitrogen functional groups attached to an aromatic ring is 1. The summed E-state index contributed by atoms with van der Waals surface area (Å²) in [7, 11) is 3.08. The monoisotopic (exact) mass is 572 g/mol. The van der Waals surface area contributed by atoms with Crippen molar-refractivity contribution in [2.45, 2.75) is 20.0 Å². The Balaban J connectivity index is 2.23. The average Bonchev–Trinajstić information content (AvgIpc) is 2.90. The van der Waals surface area contributed by atoms with Gasteiger partial charge in [-0.1, -0.05) is 19.9 Å². The summed E-state index contributed by atoms with van der Waals surface area (Å²) in [5, 5.41) is 27.4. The minimum atomic E-state index is -1.43. The summed E-state index contributed by atoms with van der Waals surface area (Å²) in [5.41, 5.74) is 11.1. The highest BCUT2D eigenvalue weighted by Crippen LogP contribution is 2.40. The Kier molecular flexibility index (Phi) is 9.29. The number of anilines is 1. The molecule has 2 aromatic carbocycles. The van der Waals surface area contributed by atoms with Gasteiger partial charge in [0.05, 0.1) is 6.17 Å². The molecule has 3 aromatic rings. The first-order chi connectivity index (χ1) is 19.2. The molecule has 1 amide bonds. The number of carbonyl (C=O) groups excluding carboxylic acids is 1. The molecule has 14 heteroatoms. The maximum absolute atomic E-state index is 16.0. The second-order valence-electron chi connectivity index (χ2n) is 9.48. The molecule has 0 spiro atoms. The van der Waals surface area contributed by atoms with Gasteiger partial charge >= 0.3 is 5.97 Å². The number of halogens is 2. The highest BCUT2D eigenvalue weighted by atomic mass is 19.1. The molecule has 0 fully saturated rings. The van der Waals surface area contributed by atoms with Crippen molar-refractivity contribution >= 4 is 23.4 Å². The third kappa shape index (κ3) is 6.97. The molecule has 1 atom stereocenters. The summed E-state index contributed by atoms with van der Waals surface area (Å²) < 4.78 is 43.0. The Morgan fingerprint density at radius 2 is 1.68 bits per heavy atom. The van der Waals surface area contributed by atoms with Gasteiger partial charge in [0, 0.05) is 25.2 Å². The number of carboxylic acid groups (broad SMARTS) is 1. The number of nitrogens with zero attached hydrogens (tertiary/aromatic N) is 3. The van der Waals surface area contributed by atoms with Crippen LogP contribution in [-0.4, -0.2) is 64.6 Å². The van der Waals surface area contributed by atoms with Crippen LogP contribution in [0.5, 0.6) is 29.0 Å². The highest BCUT2D eigenvalue weighted by Gasteiger charge is 2.32. The van der Waals surface area contributed by atoms with Gasteiger partial charge < -0.3 is 41.0 Å². The van der Waals surface area contributed by atoms with Crippen LogP contribution >= 0.6 is 0 Å². The van der Waals surface area contributed by atoms with Gasteiger partial charge in [0.2, 0.25) is 11.6 Å². The number of rotatable bonds is 11. The van der Waals surface area contributed by atoms with Crippen molar-refractivity contribution in [2.75, 3.05) is 25.5 Å². The zero-order chi connectivity index (χ0) is 30.6. The first-order valence-corrected chi connectivity index (χ1v) is 12.2. The predicted octanol–water partition coefficient (Wildman–Crippen LogP) is 3.47. The highest BCUT2D eigenvalue weighted by molar-refractivity contribution is 5.95. The maximum Gasteiger partial charge on any atom is 0.323 e. The van der Waals surface area contributed by atoms with Crippen LogP contribution in [0.3, 0.4) is 0 Å². The largest absolute Gasteiger partial charge is 0.504 e. The quantitative estimate of drug-likeness (QED) is 0.129. The van der Waals surface area contributed by atoms with Crippen molar-refractivity contribution in [3.63, 3.8) is 0 Å². The number of phenols is 1. The van der Waals surface area contributed by atoms with E-state index in [0.29, 0.717) is 0 Å². The lowest BCUT2D eigenvalue weighted by Gasteiger charge is -2.33. The number of nitrogens with two attached hydrogens (primary N) is 2. The summed E-state index contributed by atoms with van der Waals surface area (Å²) in [6.07, 6.45) is -1.17. The molecule has 0 aliphatic rings. The van der Waals surface area contributed by atoms with E-state index in [2.05, 4.69) is 4.98 Å². The lowest BCUT2D eigenvalue weighted by atomic mass is 10.1. The summed E-state index contributed by atoms with van der Waals surface area (Å²) in [6.45, 7) is 2.36. The van der Waals surface area contributed by atoms with E-state index in [1.807, 2.05) is 0 Å². The number of amides is 1. The third-order valence-corrected chi connectivity index (χ3v) is 5.81. The topological polar surface area (TPSA) is 188 Å². The zero-order valence-electron chi connectivity index (χ0n) is 22.7. The van der Waals surface area contributed by atoms with E-state index >= 15 is 8.78 Å². The van der Waals surface area contributed by atoms with Gasteiger partial charge in [0.1, 0.15) is 23.8 Å². The molecule has 0 aliphatic carbocycles. The average molecular weight is 573 g/mol. The number of amidine groups is 1. The molecule has 0 bridgehead atoms. The van der Waals surface area contributed by atoms with Crippen LogP contribution in [0.2, 0.25) is 0 Å². The summed E-state index contributed by atoms with van der Waals surface area (Å²) in [5.74, 6) is -8.12. The molecule has 3 rings (SSSR count). The van der Waals surface area contributed by atoms with Crippen LogP contribution in [0, 0.1) is 23.0 Å². The molecule has 0 saturated heterocycles. The van der Waals surface area contributed by atoms with Gasteiger partial charge in [-0.05, 0) is 42.3 Å². The fourth-order valence-electron chi connectivity index (χ4n) is 3.65. The number of aliphatic carboxylic acids is 1. The molecule has 1 unspecified atom stereocenters. The first-order valence-electron chi connectivity index (χ1n) is 12.2. The smallest absolute Gasteiger partial charge is 0.323 e. The molecular formula is C27H30F2N6O6. The standard InChI is InChI=1S/C27H30F2N6O6/c1-13(2)24(32)35(12-19(37)38)22-20(28)25(40-16-7-5-6-15(10-16)27(39)34(3)4)33-26(21(22)29)41-18-11-14(23(30)31)8-9-17(18)36/h5-11,13,24,36H,12,32H2,1-4H3,(H3,30,31)(H,37,38). The van der Waals surface area contributed by atoms with E-state index in [1.54, 1.807) is 27.9 Å². The molecule has 0 aliphatic heterocycles. The number of benzene rings is 2. The lowest BCUT2D eigenvalue weighted by Crippen LogP contribution is -2.49. The normalized spacial score (nSPS) is 11.6. The Labute approximate surface area is 234 Å². The van der Waals surface area contributed by atoms with Crippen molar-refractivity contribution in [3.05, 3.63) is 65.2 Å². The number of hydrogen-bond donors (Lipinski definition) is 5. The maximum atomic E-state index is 16.0. The van der Waals surface area contributed by atoms with Crippen molar-refractivity contribution in [1.82, 2.24) is 9.88 Å². The molecule has 1 aromatic heterocycles. The summed E-state index contributed by atoms with van der Waals surface area (Å²) in [4.78, 5) is 30.0. The molecule has 7 N–H and O–H groups in total. The number of aromatic nitrogens is 1. The number of hydrogen-bond acceptors (Lipinski definition) is 9. The number of carbonyl (C=O) groups is 2. The first kappa shape index (κ1) is 30.6. The van der Waals surface area contributed by atoms with Gasteiger partial charge in [0.15, 0.2) is 11.5 Å². The Bertz CT molecular complexity index is 1480. The van der Waals surface area contributed by atoms with Gasteiger partial charge in [-0.15, -0.1) is 0 Å². The molecular weight excluding hydrogens is 542 g/mol. The predicted molar refractivity (Wildman–Crippen MR) is 146 cm³/mol. The van der Waals surface area contributed by atoms with Crippen LogP contribution in [0.1, 0.15) is 29.8 Å². The Morgan fingerprint density at radius 1 is 1.05 bits per heavy atom. The Hall–Kier alpha value is -4.98. The van der Waals surface area contributed by atoms with Gasteiger partial charge in [0.25, 0.3) is 17.7 Å². The molecule has 0 radical (unpaired) electrons. The fraction of sp³-hybridized carbons (Fsp3) is 0.259. The number of ether oxygens (including phenoxy) is 2. The minimum absolute atomic E-state index is 0.0491. The van der Waals surface area contributed by atoms with Crippen LogP contribution < -0.4 is 25.8 Å². The molecule has 12 nitrogen and oxygen atoms in total. The van der Waals surface area contributed by atoms with Gasteiger partial charge in [-0.25, -0.2) is 0 Å². The lowest BCUT2D eigenvalue weighted by molar-refractivity contribution is -0.135. The van der Waals surface area contributed by atoms with Crippen molar-refractivity contribution in [1.29, 1.82) is 5.41 Å². The molecule has 1 heterocycles. The minimum Gasteiger partial charge on any atom is -0.504 e. The van der Waals surface area contributed by atoms with E-state index in [9.17, 15) is 19.8 Å². The second kappa shape index (κ2) is 12.5. The van der Waals surface area contributed by atoms with Gasteiger partial charge in [-0.3, -0.25) is 15.0 Å². The van der Waals surface area contributed by atoms with Crippen LogP contribution in [0.4, 0.5) is 14.5 Å². The van der Waals surface area contributed by atoms with Crippen molar-refractivity contribution < 1.29 is 38.1 Å². The van der Waals surface area contributed by atoms with Crippen LogP contribution in [-0.2, 0) is 4.79 Å². The SMILES string of the molecule is CC(C)C(N)N(CC(=O)O)c1c(F)c(Oc2cccc(C(=O)N(C)C)c2)nc(Oc2cc(C(=N)N)ccc2O)c1F. The van der Waals surface area contributed by atoms with E-state index < -0.39 is 59.4 Å².